The van der Waals surface area contributed by atoms with Crippen molar-refractivity contribution in [1.29, 1.82) is 0 Å². The van der Waals surface area contributed by atoms with Gasteiger partial charge in [-0.05, 0) is 62.4 Å². The predicted octanol–water partition coefficient (Wildman–Crippen LogP) is 1.25. The number of carbonyl (C=O) groups is 1. The van der Waals surface area contributed by atoms with E-state index in [-0.39, 0.29) is 18.9 Å². The van der Waals surface area contributed by atoms with Crippen LogP contribution in [-0.2, 0) is 19.6 Å². The van der Waals surface area contributed by atoms with E-state index in [0.717, 1.165) is 34.4 Å². The quantitative estimate of drug-likeness (QED) is 0.487. The van der Waals surface area contributed by atoms with E-state index in [0.29, 0.717) is 24.6 Å². The second kappa shape index (κ2) is 10.8. The fourth-order valence-electron chi connectivity index (χ4n) is 2.92. The topological polar surface area (TPSA) is 96.5 Å². The van der Waals surface area contributed by atoms with Crippen LogP contribution in [0, 0.1) is 34.6 Å². The molecule has 0 bridgehead atoms. The summed E-state index contributed by atoms with van der Waals surface area (Å²) in [5.74, 6) is -0.184. The van der Waals surface area contributed by atoms with Crippen LogP contribution in [0.25, 0.3) is 0 Å². The number of nitrogens with one attached hydrogen (secondary N) is 3. The third kappa shape index (κ3) is 6.57. The third-order valence-electron chi connectivity index (χ3n) is 4.95. The van der Waals surface area contributed by atoms with Crippen LogP contribution in [-0.4, -0.2) is 54.2 Å². The van der Waals surface area contributed by atoms with E-state index in [4.69, 9.17) is 4.74 Å². The highest BCUT2D eigenvalue weighted by atomic mass is 32.2. The normalized spacial score (nSPS) is 11.6. The maximum absolute atomic E-state index is 12.8. The zero-order valence-electron chi connectivity index (χ0n) is 17.3. The molecule has 0 aliphatic heterocycles. The van der Waals surface area contributed by atoms with Crippen LogP contribution < -0.4 is 15.4 Å². The van der Waals surface area contributed by atoms with E-state index < -0.39 is 10.0 Å². The number of ether oxygens (including phenoxy) is 1. The fourth-order valence-corrected chi connectivity index (χ4v) is 4.55. The molecular formula is C19H33N3O4S. The van der Waals surface area contributed by atoms with Gasteiger partial charge in [-0.15, -0.1) is 0 Å². The number of hydrogen-bond acceptors (Lipinski definition) is 5. The lowest BCUT2D eigenvalue weighted by molar-refractivity contribution is -0.120. The van der Waals surface area contributed by atoms with Gasteiger partial charge in [0.15, 0.2) is 0 Å². The van der Waals surface area contributed by atoms with Gasteiger partial charge in [0.2, 0.25) is 15.9 Å². The molecule has 0 atom stereocenters. The Kier molecular flexibility index (Phi) is 9.38. The molecule has 0 aliphatic carbocycles. The highest BCUT2D eigenvalue weighted by Gasteiger charge is 2.23. The Labute approximate surface area is 163 Å². The minimum Gasteiger partial charge on any atom is -0.383 e. The van der Waals surface area contributed by atoms with E-state index in [1.165, 1.54) is 0 Å². The fraction of sp³-hybridized carbons (Fsp3) is 0.632. The van der Waals surface area contributed by atoms with Gasteiger partial charge in [-0.1, -0.05) is 0 Å². The first-order chi connectivity index (χ1) is 12.6. The first-order valence-corrected chi connectivity index (χ1v) is 10.6. The zero-order valence-corrected chi connectivity index (χ0v) is 18.1. The number of carbonyl (C=O) groups excluding carboxylic acids is 1. The predicted molar refractivity (Wildman–Crippen MR) is 108 cm³/mol. The largest absolute Gasteiger partial charge is 0.383 e. The smallest absolute Gasteiger partial charge is 0.241 e. The molecule has 1 aromatic carbocycles. The molecular weight excluding hydrogens is 366 g/mol. The minimum absolute atomic E-state index is 0.0656. The lowest BCUT2D eigenvalue weighted by Gasteiger charge is -2.19. The molecule has 0 aromatic heterocycles. The summed E-state index contributed by atoms with van der Waals surface area (Å²) in [5.41, 5.74) is 4.60. The van der Waals surface area contributed by atoms with Crippen molar-refractivity contribution < 1.29 is 17.9 Å². The first-order valence-electron chi connectivity index (χ1n) is 9.16. The summed E-state index contributed by atoms with van der Waals surface area (Å²) >= 11 is 0. The van der Waals surface area contributed by atoms with Crippen molar-refractivity contribution in [1.82, 2.24) is 15.4 Å². The monoisotopic (exact) mass is 399 g/mol. The third-order valence-corrected chi connectivity index (χ3v) is 6.68. The minimum atomic E-state index is -3.67. The molecule has 0 radical (unpaired) electrons. The molecule has 1 aromatic rings. The number of rotatable bonds is 11. The van der Waals surface area contributed by atoms with Gasteiger partial charge in [-0.2, -0.15) is 0 Å². The first kappa shape index (κ1) is 23.6. The molecule has 1 rings (SSSR count). The van der Waals surface area contributed by atoms with Gasteiger partial charge < -0.3 is 15.4 Å². The number of methoxy groups -OCH3 is 1. The maximum Gasteiger partial charge on any atom is 0.241 e. The standard InChI is InChI=1S/C19H33N3O4S/c1-13-14(2)16(4)19(17(5)15(13)3)27(24,25)22-8-7-18(23)21-10-9-20-11-12-26-6/h20,22H,7-12H2,1-6H3,(H,21,23). The maximum atomic E-state index is 12.8. The molecule has 0 saturated carbocycles. The molecule has 27 heavy (non-hydrogen) atoms. The molecule has 0 fully saturated rings. The van der Waals surface area contributed by atoms with Crippen molar-refractivity contribution in [2.24, 2.45) is 0 Å². The van der Waals surface area contributed by atoms with Crippen LogP contribution in [0.3, 0.4) is 0 Å². The van der Waals surface area contributed by atoms with Crippen molar-refractivity contribution in [2.75, 3.05) is 39.9 Å². The molecule has 8 heteroatoms. The van der Waals surface area contributed by atoms with E-state index in [1.807, 2.05) is 34.6 Å². The molecule has 0 saturated heterocycles. The van der Waals surface area contributed by atoms with Crippen LogP contribution in [0.2, 0.25) is 0 Å². The average Bonchev–Trinajstić information content (AvgIpc) is 2.61. The second-order valence-corrected chi connectivity index (χ2v) is 8.40. The van der Waals surface area contributed by atoms with Gasteiger partial charge in [0, 0.05) is 39.7 Å². The van der Waals surface area contributed by atoms with Gasteiger partial charge >= 0.3 is 0 Å². The molecule has 0 unspecified atom stereocenters. The summed E-state index contributed by atoms with van der Waals surface area (Å²) < 4.78 is 33.0. The molecule has 0 heterocycles. The summed E-state index contributed by atoms with van der Waals surface area (Å²) in [6.45, 7) is 12.1. The summed E-state index contributed by atoms with van der Waals surface area (Å²) in [4.78, 5) is 12.2. The van der Waals surface area contributed by atoms with E-state index in [1.54, 1.807) is 7.11 Å². The molecule has 3 N–H and O–H groups in total. The highest BCUT2D eigenvalue weighted by molar-refractivity contribution is 7.89. The van der Waals surface area contributed by atoms with Gasteiger partial charge in [-0.25, -0.2) is 13.1 Å². The van der Waals surface area contributed by atoms with Gasteiger partial charge in [0.1, 0.15) is 0 Å². The van der Waals surface area contributed by atoms with Crippen LogP contribution >= 0.6 is 0 Å². The van der Waals surface area contributed by atoms with Gasteiger partial charge in [0.05, 0.1) is 11.5 Å². The number of benzene rings is 1. The average molecular weight is 400 g/mol. The van der Waals surface area contributed by atoms with Crippen LogP contribution in [0.1, 0.15) is 34.2 Å². The lowest BCUT2D eigenvalue weighted by Crippen LogP contribution is -2.35. The SMILES string of the molecule is COCCNCCNC(=O)CCNS(=O)(=O)c1c(C)c(C)c(C)c(C)c1C. The van der Waals surface area contributed by atoms with Gasteiger partial charge in [0.25, 0.3) is 0 Å². The van der Waals surface area contributed by atoms with E-state index in [9.17, 15) is 13.2 Å². The van der Waals surface area contributed by atoms with Crippen LogP contribution in [0.5, 0.6) is 0 Å². The highest BCUT2D eigenvalue weighted by Crippen LogP contribution is 2.29. The number of sulfonamides is 1. The van der Waals surface area contributed by atoms with E-state index in [2.05, 4.69) is 15.4 Å². The molecule has 0 aliphatic rings. The Hall–Kier alpha value is -1.48. The molecule has 154 valence electrons. The Bertz CT molecular complexity index is 732. The molecule has 1 amide bonds. The Balaban J connectivity index is 2.59. The summed E-state index contributed by atoms with van der Waals surface area (Å²) in [5, 5.41) is 5.88. The van der Waals surface area contributed by atoms with Crippen molar-refractivity contribution in [2.45, 2.75) is 45.9 Å². The Morgan fingerprint density at radius 1 is 0.852 bits per heavy atom. The summed E-state index contributed by atoms with van der Waals surface area (Å²) in [6, 6.07) is 0. The van der Waals surface area contributed by atoms with Crippen molar-refractivity contribution in [3.05, 3.63) is 27.8 Å². The van der Waals surface area contributed by atoms with Crippen molar-refractivity contribution in [3.8, 4) is 0 Å². The lowest BCUT2D eigenvalue weighted by atomic mass is 9.95. The Morgan fingerprint density at radius 2 is 1.41 bits per heavy atom. The Morgan fingerprint density at radius 3 is 1.96 bits per heavy atom. The van der Waals surface area contributed by atoms with Gasteiger partial charge in [-0.3, -0.25) is 4.79 Å². The molecule has 7 nitrogen and oxygen atoms in total. The second-order valence-electron chi connectivity index (χ2n) is 6.69. The summed E-state index contributed by atoms with van der Waals surface area (Å²) in [7, 11) is -2.04. The van der Waals surface area contributed by atoms with Crippen LogP contribution in [0.4, 0.5) is 0 Å². The summed E-state index contributed by atoms with van der Waals surface area (Å²) in [6.07, 6.45) is 0.0965. The van der Waals surface area contributed by atoms with Crippen molar-refractivity contribution >= 4 is 15.9 Å². The zero-order chi connectivity index (χ0) is 20.6. The van der Waals surface area contributed by atoms with Crippen LogP contribution in [0.15, 0.2) is 4.90 Å². The molecule has 0 spiro atoms. The number of hydrogen-bond donors (Lipinski definition) is 3. The van der Waals surface area contributed by atoms with E-state index >= 15 is 0 Å². The van der Waals surface area contributed by atoms with Crippen molar-refractivity contribution in [3.63, 3.8) is 0 Å². The number of amides is 1.